The van der Waals surface area contributed by atoms with Gasteiger partial charge in [-0.15, -0.1) is 0 Å². The first kappa shape index (κ1) is 23.8. The van der Waals surface area contributed by atoms with Gasteiger partial charge in [0.25, 0.3) is 0 Å². The highest BCUT2D eigenvalue weighted by atomic mass is 32.1. The van der Waals surface area contributed by atoms with Crippen LogP contribution in [0.25, 0.3) is 0 Å². The summed E-state index contributed by atoms with van der Waals surface area (Å²) in [7, 11) is 0. The fourth-order valence-corrected chi connectivity index (χ4v) is 5.38. The number of hydrogen-bond acceptors (Lipinski definition) is 7. The van der Waals surface area contributed by atoms with Gasteiger partial charge in [0.2, 0.25) is 5.95 Å². The summed E-state index contributed by atoms with van der Waals surface area (Å²) in [6.07, 6.45) is 2.43. The Balaban J connectivity index is 1.18. The van der Waals surface area contributed by atoms with E-state index >= 15 is 0 Å². The Hall–Kier alpha value is -3.59. The molecular formula is C28H32N6O2S. The zero-order chi connectivity index (χ0) is 25.2. The van der Waals surface area contributed by atoms with Crippen LogP contribution >= 0.6 is 12.2 Å². The molecule has 6 rings (SSSR count). The van der Waals surface area contributed by atoms with Crippen LogP contribution in [0.15, 0.2) is 48.5 Å². The number of ether oxygens (including phenoxy) is 2. The van der Waals surface area contributed by atoms with Crippen molar-refractivity contribution in [3.8, 4) is 11.5 Å². The van der Waals surface area contributed by atoms with Crippen molar-refractivity contribution in [3.63, 3.8) is 0 Å². The zero-order valence-corrected chi connectivity index (χ0v) is 21.9. The number of anilines is 3. The minimum atomic E-state index is 0.481. The van der Waals surface area contributed by atoms with Crippen molar-refractivity contribution in [2.24, 2.45) is 5.92 Å². The third-order valence-corrected chi connectivity index (χ3v) is 7.38. The molecule has 3 aliphatic rings. The third kappa shape index (κ3) is 5.41. The zero-order valence-electron chi connectivity index (χ0n) is 21.1. The highest BCUT2D eigenvalue weighted by Gasteiger charge is 2.24. The van der Waals surface area contributed by atoms with Crippen molar-refractivity contribution < 1.29 is 9.47 Å². The smallest absolute Gasteiger partial charge is 0.232 e. The SMILES string of the molecule is CC1CCCN(c2cc(N3Cc4ccccc4C3)nc(NC(=S)NCc3ccc4c(c3)OCCO4)n2)C1. The minimum absolute atomic E-state index is 0.481. The Morgan fingerprint density at radius 2 is 1.70 bits per heavy atom. The monoisotopic (exact) mass is 516 g/mol. The molecule has 0 bridgehead atoms. The first-order valence-corrected chi connectivity index (χ1v) is 13.4. The first-order valence-electron chi connectivity index (χ1n) is 13.0. The van der Waals surface area contributed by atoms with Crippen molar-refractivity contribution in [1.82, 2.24) is 15.3 Å². The molecular weight excluding hydrogens is 484 g/mol. The fraction of sp³-hybridized carbons (Fsp3) is 0.393. The predicted molar refractivity (Wildman–Crippen MR) is 149 cm³/mol. The van der Waals surface area contributed by atoms with Crippen molar-refractivity contribution in [3.05, 3.63) is 65.2 Å². The van der Waals surface area contributed by atoms with Crippen LogP contribution in [-0.2, 0) is 19.6 Å². The molecule has 0 aliphatic carbocycles. The second kappa shape index (κ2) is 10.4. The molecule has 192 valence electrons. The van der Waals surface area contributed by atoms with E-state index < -0.39 is 0 Å². The topological polar surface area (TPSA) is 74.8 Å². The summed E-state index contributed by atoms with van der Waals surface area (Å²) in [6, 6.07) is 16.7. The molecule has 1 atom stereocenters. The average Bonchev–Trinajstić information content (AvgIpc) is 3.36. The summed E-state index contributed by atoms with van der Waals surface area (Å²) >= 11 is 5.62. The van der Waals surface area contributed by atoms with E-state index in [0.717, 1.165) is 54.9 Å². The molecule has 4 heterocycles. The van der Waals surface area contributed by atoms with Gasteiger partial charge >= 0.3 is 0 Å². The van der Waals surface area contributed by atoms with Crippen LogP contribution in [-0.4, -0.2) is 41.4 Å². The van der Waals surface area contributed by atoms with E-state index in [4.69, 9.17) is 31.7 Å². The largest absolute Gasteiger partial charge is 0.486 e. The van der Waals surface area contributed by atoms with Crippen LogP contribution in [0, 0.1) is 5.92 Å². The number of piperidine rings is 1. The second-order valence-electron chi connectivity index (χ2n) is 10.0. The summed E-state index contributed by atoms with van der Waals surface area (Å²) in [4.78, 5) is 14.4. The van der Waals surface area contributed by atoms with Gasteiger partial charge in [-0.2, -0.15) is 9.97 Å². The number of benzene rings is 2. The van der Waals surface area contributed by atoms with Crippen LogP contribution in [0.3, 0.4) is 0 Å². The Labute approximate surface area is 223 Å². The summed E-state index contributed by atoms with van der Waals surface area (Å²) < 4.78 is 11.3. The van der Waals surface area contributed by atoms with E-state index in [1.165, 1.54) is 24.0 Å². The molecule has 3 aliphatic heterocycles. The van der Waals surface area contributed by atoms with Gasteiger partial charge in [-0.05, 0) is 59.8 Å². The van der Waals surface area contributed by atoms with Gasteiger partial charge in [-0.25, -0.2) is 0 Å². The van der Waals surface area contributed by atoms with E-state index in [9.17, 15) is 0 Å². The molecule has 1 aromatic heterocycles. The molecule has 3 aromatic rings. The van der Waals surface area contributed by atoms with Crippen molar-refractivity contribution in [1.29, 1.82) is 0 Å². The average molecular weight is 517 g/mol. The lowest BCUT2D eigenvalue weighted by molar-refractivity contribution is 0.171. The standard InChI is InChI=1S/C28H32N6O2S/c1-19-5-4-10-33(16-19)25-14-26(34-17-21-6-2-3-7-22(21)18-34)31-27(30-25)32-28(37)29-15-20-8-9-23-24(13-20)36-12-11-35-23/h2-3,6-9,13-14,19H,4-5,10-12,15-18H2,1H3,(H2,29,30,31,32,37). The molecule has 1 unspecified atom stereocenters. The Morgan fingerprint density at radius 1 is 0.973 bits per heavy atom. The molecule has 2 N–H and O–H groups in total. The number of rotatable bonds is 5. The number of thiocarbonyl (C=S) groups is 1. The number of nitrogens with one attached hydrogen (secondary N) is 2. The van der Waals surface area contributed by atoms with Crippen LogP contribution in [0.2, 0.25) is 0 Å². The van der Waals surface area contributed by atoms with Gasteiger partial charge in [0.15, 0.2) is 16.6 Å². The molecule has 9 heteroatoms. The lowest BCUT2D eigenvalue weighted by atomic mass is 10.0. The maximum Gasteiger partial charge on any atom is 0.232 e. The van der Waals surface area contributed by atoms with Gasteiger partial charge in [0, 0.05) is 38.8 Å². The Bertz CT molecular complexity index is 1280. The Kier molecular flexibility index (Phi) is 6.70. The van der Waals surface area contributed by atoms with Gasteiger partial charge in [0.05, 0.1) is 0 Å². The first-order chi connectivity index (χ1) is 18.1. The van der Waals surface area contributed by atoms with E-state index in [0.29, 0.717) is 36.7 Å². The number of nitrogens with zero attached hydrogens (tertiary/aromatic N) is 4. The van der Waals surface area contributed by atoms with Crippen LogP contribution in [0.1, 0.15) is 36.5 Å². The van der Waals surface area contributed by atoms with Crippen LogP contribution < -0.4 is 29.9 Å². The maximum atomic E-state index is 5.70. The van der Waals surface area contributed by atoms with Gasteiger partial charge in [-0.3, -0.25) is 0 Å². The van der Waals surface area contributed by atoms with Crippen molar-refractivity contribution in [2.45, 2.75) is 39.4 Å². The predicted octanol–water partition coefficient (Wildman–Crippen LogP) is 4.49. The molecule has 37 heavy (non-hydrogen) atoms. The minimum Gasteiger partial charge on any atom is -0.486 e. The number of fused-ring (bicyclic) bond motifs is 2. The fourth-order valence-electron chi connectivity index (χ4n) is 5.22. The highest BCUT2D eigenvalue weighted by Crippen LogP contribution is 2.32. The van der Waals surface area contributed by atoms with Crippen LogP contribution in [0.5, 0.6) is 11.5 Å². The quantitative estimate of drug-likeness (QED) is 0.477. The Morgan fingerprint density at radius 3 is 2.46 bits per heavy atom. The second-order valence-corrected chi connectivity index (χ2v) is 10.4. The van der Waals surface area contributed by atoms with E-state index in [1.54, 1.807) is 0 Å². The van der Waals surface area contributed by atoms with E-state index in [2.05, 4.69) is 57.7 Å². The van der Waals surface area contributed by atoms with Gasteiger partial charge < -0.3 is 29.9 Å². The molecule has 1 fully saturated rings. The van der Waals surface area contributed by atoms with Crippen LogP contribution in [0.4, 0.5) is 17.6 Å². The molecule has 1 saturated heterocycles. The highest BCUT2D eigenvalue weighted by molar-refractivity contribution is 7.80. The number of hydrogen-bond donors (Lipinski definition) is 2. The van der Waals surface area contributed by atoms with Crippen molar-refractivity contribution in [2.75, 3.05) is 41.4 Å². The van der Waals surface area contributed by atoms with Gasteiger partial charge in [0.1, 0.15) is 24.8 Å². The van der Waals surface area contributed by atoms with E-state index in [-0.39, 0.29) is 0 Å². The molecule has 0 amide bonds. The summed E-state index contributed by atoms with van der Waals surface area (Å²) in [5, 5.41) is 7.00. The number of aromatic nitrogens is 2. The molecule has 2 aromatic carbocycles. The summed E-state index contributed by atoms with van der Waals surface area (Å²) in [6.45, 7) is 7.71. The lowest BCUT2D eigenvalue weighted by Gasteiger charge is -2.32. The van der Waals surface area contributed by atoms with E-state index in [1.807, 2.05) is 18.2 Å². The molecule has 0 spiro atoms. The normalized spacial score (nSPS) is 18.4. The lowest BCUT2D eigenvalue weighted by Crippen LogP contribution is -2.35. The third-order valence-electron chi connectivity index (χ3n) is 7.13. The molecule has 0 saturated carbocycles. The molecule has 0 radical (unpaired) electrons. The van der Waals surface area contributed by atoms with Gasteiger partial charge in [-0.1, -0.05) is 37.3 Å². The summed E-state index contributed by atoms with van der Waals surface area (Å²) in [5.41, 5.74) is 3.75. The molecule has 8 nitrogen and oxygen atoms in total. The van der Waals surface area contributed by atoms with Crippen molar-refractivity contribution >= 4 is 34.9 Å². The summed E-state index contributed by atoms with van der Waals surface area (Å²) in [5.74, 6) is 4.58. The maximum absolute atomic E-state index is 5.70.